The number of rotatable bonds is 3. The van der Waals surface area contributed by atoms with Crippen molar-refractivity contribution in [2.75, 3.05) is 20.3 Å². The summed E-state index contributed by atoms with van der Waals surface area (Å²) >= 11 is 0. The van der Waals surface area contributed by atoms with E-state index in [1.807, 2.05) is 11.9 Å². The molecule has 0 saturated carbocycles. The lowest BCUT2D eigenvalue weighted by Crippen LogP contribution is -2.62. The van der Waals surface area contributed by atoms with Crippen LogP contribution in [0.15, 0.2) is 18.2 Å². The molecule has 0 aliphatic carbocycles. The second-order valence-corrected chi connectivity index (χ2v) is 9.31. The molecule has 0 amide bonds. The number of ether oxygens (including phenoxy) is 1. The maximum Gasteiger partial charge on any atom is 0.419 e. The number of hydrogen-bond acceptors (Lipinski definition) is 7. The lowest BCUT2D eigenvalue weighted by Gasteiger charge is -2.45. The Bertz CT molecular complexity index is 855. The maximum atomic E-state index is 13.7. The molecular formula is C21H29F4N3O4. The third-order valence-corrected chi connectivity index (χ3v) is 7.18. The summed E-state index contributed by atoms with van der Waals surface area (Å²) in [7, 11) is 1.93. The van der Waals surface area contributed by atoms with Crippen molar-refractivity contribution in [3.63, 3.8) is 0 Å². The third-order valence-electron chi connectivity index (χ3n) is 7.18. The Morgan fingerprint density at radius 1 is 1.31 bits per heavy atom. The van der Waals surface area contributed by atoms with Crippen LogP contribution in [0, 0.1) is 11.7 Å². The van der Waals surface area contributed by atoms with E-state index in [-0.39, 0.29) is 23.7 Å². The molecule has 0 spiro atoms. The van der Waals surface area contributed by atoms with E-state index in [0.717, 1.165) is 12.5 Å². The summed E-state index contributed by atoms with van der Waals surface area (Å²) in [6, 6.07) is 2.38. The van der Waals surface area contributed by atoms with Gasteiger partial charge >= 0.3 is 6.18 Å². The highest BCUT2D eigenvalue weighted by Crippen LogP contribution is 2.44. The smallest absolute Gasteiger partial charge is 0.386 e. The number of aliphatic hydroxyl groups is 3. The molecule has 0 aromatic heterocycles. The van der Waals surface area contributed by atoms with E-state index >= 15 is 0 Å². The Balaban J connectivity index is 1.60. The Labute approximate surface area is 183 Å². The molecule has 11 heteroatoms. The lowest BCUT2D eigenvalue weighted by molar-refractivity contribution is -0.148. The maximum absolute atomic E-state index is 13.7. The first-order valence-corrected chi connectivity index (χ1v) is 10.6. The first kappa shape index (κ1) is 23.8. The Hall–Kier alpha value is -1.34. The highest BCUT2D eigenvalue weighted by molar-refractivity contribution is 5.30. The van der Waals surface area contributed by atoms with Crippen LogP contribution in [-0.4, -0.2) is 81.6 Å². The molecule has 4 N–H and O–H groups in total. The van der Waals surface area contributed by atoms with E-state index in [4.69, 9.17) is 4.74 Å². The number of likely N-dealkylation sites (tertiary alicyclic amines) is 1. The Kier molecular flexibility index (Phi) is 6.07. The van der Waals surface area contributed by atoms with Gasteiger partial charge in [0.1, 0.15) is 36.0 Å². The second-order valence-electron chi connectivity index (χ2n) is 9.31. The van der Waals surface area contributed by atoms with Gasteiger partial charge in [-0.2, -0.15) is 13.2 Å². The zero-order valence-electron chi connectivity index (χ0n) is 18.1. The molecule has 3 aliphatic heterocycles. The Morgan fingerprint density at radius 2 is 2.00 bits per heavy atom. The van der Waals surface area contributed by atoms with E-state index in [2.05, 4.69) is 17.1 Å². The molecular weight excluding hydrogens is 434 g/mol. The van der Waals surface area contributed by atoms with Crippen molar-refractivity contribution in [2.24, 2.45) is 5.92 Å². The van der Waals surface area contributed by atoms with E-state index < -0.39 is 47.7 Å². The van der Waals surface area contributed by atoms with E-state index in [0.29, 0.717) is 25.3 Å². The lowest BCUT2D eigenvalue weighted by atomic mass is 9.87. The molecule has 32 heavy (non-hydrogen) atoms. The van der Waals surface area contributed by atoms with Crippen LogP contribution >= 0.6 is 0 Å². The van der Waals surface area contributed by atoms with Crippen LogP contribution in [-0.2, 0) is 10.9 Å². The number of nitrogens with one attached hydrogen (secondary N) is 1. The number of benzene rings is 1. The third kappa shape index (κ3) is 3.83. The number of aliphatic hydroxyl groups excluding tert-OH is 2. The van der Waals surface area contributed by atoms with Crippen LogP contribution in [0.5, 0.6) is 0 Å². The number of fused-ring (bicyclic) bond motifs is 1. The predicted molar refractivity (Wildman–Crippen MR) is 105 cm³/mol. The molecule has 3 aliphatic rings. The largest absolute Gasteiger partial charge is 0.419 e. The van der Waals surface area contributed by atoms with E-state index in [1.54, 1.807) is 0 Å². The SMILES string of the molecule is CC1NCN(C)C2C1CCN2[C@@H]1O[C@H]([C@H](O)c2ccc(F)c(C(F)(F)F)c2)[C@@](C)(O)[C@H]1O. The predicted octanol–water partition coefficient (Wildman–Crippen LogP) is 1.24. The van der Waals surface area contributed by atoms with Gasteiger partial charge in [0.15, 0.2) is 0 Å². The number of hydrogen-bond donors (Lipinski definition) is 4. The summed E-state index contributed by atoms with van der Waals surface area (Å²) < 4.78 is 59.0. The summed E-state index contributed by atoms with van der Waals surface area (Å²) in [5, 5.41) is 36.1. The van der Waals surface area contributed by atoms with Gasteiger partial charge in [0.05, 0.1) is 11.7 Å². The quantitative estimate of drug-likeness (QED) is 0.502. The molecule has 3 unspecified atom stereocenters. The molecule has 7 nitrogen and oxygen atoms in total. The molecule has 4 rings (SSSR count). The van der Waals surface area contributed by atoms with Crippen LogP contribution in [0.25, 0.3) is 0 Å². The number of nitrogens with zero attached hydrogens (tertiary/aromatic N) is 2. The zero-order valence-corrected chi connectivity index (χ0v) is 18.1. The minimum absolute atomic E-state index is 0.0692. The van der Waals surface area contributed by atoms with Gasteiger partial charge in [-0.1, -0.05) is 6.07 Å². The van der Waals surface area contributed by atoms with Crippen molar-refractivity contribution >= 4 is 0 Å². The molecule has 3 fully saturated rings. The van der Waals surface area contributed by atoms with Crippen molar-refractivity contribution in [3.8, 4) is 0 Å². The van der Waals surface area contributed by atoms with Gasteiger partial charge in [0, 0.05) is 25.2 Å². The van der Waals surface area contributed by atoms with Gasteiger partial charge in [-0.3, -0.25) is 9.80 Å². The van der Waals surface area contributed by atoms with Gasteiger partial charge in [0.2, 0.25) is 0 Å². The number of alkyl halides is 3. The average molecular weight is 463 g/mol. The first-order valence-electron chi connectivity index (χ1n) is 10.6. The van der Waals surface area contributed by atoms with Crippen molar-refractivity contribution in [3.05, 3.63) is 35.1 Å². The van der Waals surface area contributed by atoms with Gasteiger partial charge in [0.25, 0.3) is 0 Å². The standard InChI is InChI=1S/C21H29F4N3O4/c1-10-12-6-7-28(18(12)27(3)9-26-10)19-16(30)20(2,31)17(32-19)15(29)11-4-5-14(22)13(8-11)21(23,24)25/h4-5,8,10,12,15-19,26,29-31H,6-7,9H2,1-3H3/t10?,12?,15-,16+,17-,18?,19-,20+/m1/s1. The van der Waals surface area contributed by atoms with Crippen LogP contribution in [0.3, 0.4) is 0 Å². The van der Waals surface area contributed by atoms with Crippen molar-refractivity contribution < 1.29 is 37.6 Å². The normalized spacial score (nSPS) is 39.9. The molecule has 8 atom stereocenters. The topological polar surface area (TPSA) is 88.4 Å². The monoisotopic (exact) mass is 463 g/mol. The first-order chi connectivity index (χ1) is 14.8. The molecule has 0 radical (unpaired) electrons. The molecule has 1 aromatic rings. The van der Waals surface area contributed by atoms with E-state index in [9.17, 15) is 32.9 Å². The number of halogens is 4. The van der Waals surface area contributed by atoms with Crippen LogP contribution in [0.1, 0.15) is 37.5 Å². The molecule has 1 aromatic carbocycles. The second kappa shape index (κ2) is 8.15. The fourth-order valence-corrected chi connectivity index (χ4v) is 5.32. The van der Waals surface area contributed by atoms with Crippen molar-refractivity contribution in [1.29, 1.82) is 0 Å². The molecule has 180 valence electrons. The fourth-order valence-electron chi connectivity index (χ4n) is 5.32. The Morgan fingerprint density at radius 3 is 2.66 bits per heavy atom. The fraction of sp³-hybridized carbons (Fsp3) is 0.714. The average Bonchev–Trinajstić information content (AvgIpc) is 3.24. The summed E-state index contributed by atoms with van der Waals surface area (Å²) in [5.74, 6) is -1.21. The van der Waals surface area contributed by atoms with E-state index in [1.165, 1.54) is 6.92 Å². The van der Waals surface area contributed by atoms with Crippen LogP contribution in [0.4, 0.5) is 17.6 Å². The minimum Gasteiger partial charge on any atom is -0.386 e. The van der Waals surface area contributed by atoms with Gasteiger partial charge in [-0.05, 0) is 45.0 Å². The van der Waals surface area contributed by atoms with Crippen LogP contribution < -0.4 is 5.32 Å². The van der Waals surface area contributed by atoms with Gasteiger partial charge in [-0.15, -0.1) is 0 Å². The van der Waals surface area contributed by atoms with Gasteiger partial charge < -0.3 is 25.4 Å². The van der Waals surface area contributed by atoms with Crippen LogP contribution in [0.2, 0.25) is 0 Å². The molecule has 0 bridgehead atoms. The summed E-state index contributed by atoms with van der Waals surface area (Å²) in [4.78, 5) is 4.00. The zero-order chi connectivity index (χ0) is 23.6. The summed E-state index contributed by atoms with van der Waals surface area (Å²) in [6.07, 6.45) is -9.69. The van der Waals surface area contributed by atoms with Gasteiger partial charge in [-0.25, -0.2) is 4.39 Å². The highest BCUT2D eigenvalue weighted by Gasteiger charge is 2.59. The summed E-state index contributed by atoms with van der Waals surface area (Å²) in [6.45, 7) is 4.57. The highest BCUT2D eigenvalue weighted by atomic mass is 19.4. The molecule has 3 heterocycles. The van der Waals surface area contributed by atoms with Crippen molar-refractivity contribution in [2.45, 2.75) is 68.8 Å². The molecule has 3 saturated heterocycles. The summed E-state index contributed by atoms with van der Waals surface area (Å²) in [5.41, 5.74) is -3.73. The minimum atomic E-state index is -4.94. The van der Waals surface area contributed by atoms with Crippen molar-refractivity contribution in [1.82, 2.24) is 15.1 Å².